The standard InChI is InChI=1S/C20H27N5O2/c1-12-6-19-21-8-16-17-5-4-15(7-18(16)25(19)22-12)24(17)20(26)11-23-9-13(2)27-14(3)10-23/h6,8,13-15,17H,4-5,7,9-11H2,1-3H3/t13-,14+,15-,17+/m1/s1. The summed E-state index contributed by atoms with van der Waals surface area (Å²) >= 11 is 0. The fourth-order valence-electron chi connectivity index (χ4n) is 5.27. The maximum atomic E-state index is 13.2. The lowest BCUT2D eigenvalue weighted by Gasteiger charge is -2.39. The zero-order valence-electron chi connectivity index (χ0n) is 16.3. The highest BCUT2D eigenvalue weighted by molar-refractivity contribution is 5.80. The van der Waals surface area contributed by atoms with Crippen molar-refractivity contribution in [3.8, 4) is 0 Å². The first-order valence-electron chi connectivity index (χ1n) is 10.0. The van der Waals surface area contributed by atoms with E-state index < -0.39 is 0 Å². The molecule has 5 heterocycles. The summed E-state index contributed by atoms with van der Waals surface area (Å²) in [6.45, 7) is 8.29. The van der Waals surface area contributed by atoms with Gasteiger partial charge in [0.2, 0.25) is 5.91 Å². The van der Waals surface area contributed by atoms with Crippen molar-refractivity contribution in [3.63, 3.8) is 0 Å². The summed E-state index contributed by atoms with van der Waals surface area (Å²) in [7, 11) is 0. The minimum atomic E-state index is 0.142. The molecule has 0 unspecified atom stereocenters. The third kappa shape index (κ3) is 2.84. The monoisotopic (exact) mass is 369 g/mol. The van der Waals surface area contributed by atoms with Gasteiger partial charge in [-0.3, -0.25) is 9.69 Å². The van der Waals surface area contributed by atoms with Gasteiger partial charge < -0.3 is 9.64 Å². The summed E-state index contributed by atoms with van der Waals surface area (Å²) in [5.74, 6) is 0.242. The van der Waals surface area contributed by atoms with Gasteiger partial charge in [0.15, 0.2) is 5.65 Å². The number of morpholine rings is 1. The van der Waals surface area contributed by atoms with E-state index >= 15 is 0 Å². The van der Waals surface area contributed by atoms with Crippen molar-refractivity contribution in [3.05, 3.63) is 29.2 Å². The first-order chi connectivity index (χ1) is 13.0. The molecular weight excluding hydrogens is 342 g/mol. The lowest BCUT2D eigenvalue weighted by Crippen LogP contribution is -2.52. The van der Waals surface area contributed by atoms with Crippen LogP contribution in [0.3, 0.4) is 0 Å². The van der Waals surface area contributed by atoms with E-state index in [9.17, 15) is 4.79 Å². The van der Waals surface area contributed by atoms with Gasteiger partial charge in [0.25, 0.3) is 0 Å². The van der Waals surface area contributed by atoms with Gasteiger partial charge in [-0.05, 0) is 33.6 Å². The molecule has 0 N–H and O–H groups in total. The topological polar surface area (TPSA) is 63.0 Å². The Morgan fingerprint density at radius 1 is 1.26 bits per heavy atom. The third-order valence-corrected chi connectivity index (χ3v) is 6.17. The third-order valence-electron chi connectivity index (χ3n) is 6.17. The normalized spacial score (nSPS) is 30.7. The predicted octanol–water partition coefficient (Wildman–Crippen LogP) is 1.74. The molecule has 3 aliphatic rings. The molecule has 1 amide bonds. The molecule has 2 fully saturated rings. The summed E-state index contributed by atoms with van der Waals surface area (Å²) < 4.78 is 7.79. The predicted molar refractivity (Wildman–Crippen MR) is 100 cm³/mol. The Morgan fingerprint density at radius 2 is 2.04 bits per heavy atom. The van der Waals surface area contributed by atoms with Crippen LogP contribution in [0.1, 0.15) is 49.7 Å². The molecule has 0 spiro atoms. The number of carbonyl (C=O) groups is 1. The molecule has 0 aromatic carbocycles. The van der Waals surface area contributed by atoms with E-state index in [-0.39, 0.29) is 30.2 Å². The number of amides is 1. The Labute approximate surface area is 159 Å². The zero-order valence-corrected chi connectivity index (χ0v) is 16.3. The highest BCUT2D eigenvalue weighted by atomic mass is 16.5. The van der Waals surface area contributed by atoms with Crippen LogP contribution < -0.4 is 0 Å². The maximum Gasteiger partial charge on any atom is 0.237 e. The molecule has 3 aliphatic heterocycles. The zero-order chi connectivity index (χ0) is 18.7. The second-order valence-electron chi connectivity index (χ2n) is 8.42. The Kier molecular flexibility index (Phi) is 3.98. The molecule has 7 nitrogen and oxygen atoms in total. The van der Waals surface area contributed by atoms with Gasteiger partial charge in [-0.1, -0.05) is 0 Å². The van der Waals surface area contributed by atoms with Crippen molar-refractivity contribution in [2.45, 2.75) is 64.3 Å². The summed E-state index contributed by atoms with van der Waals surface area (Å²) in [4.78, 5) is 22.2. The number of aryl methyl sites for hydroxylation is 1. The molecule has 7 heteroatoms. The number of ether oxygens (including phenoxy) is 1. The molecule has 5 rings (SSSR count). The molecular formula is C20H27N5O2. The molecule has 0 saturated carbocycles. The van der Waals surface area contributed by atoms with Crippen molar-refractivity contribution in [1.82, 2.24) is 24.4 Å². The van der Waals surface area contributed by atoms with Gasteiger partial charge in [-0.15, -0.1) is 0 Å². The Bertz CT molecular complexity index is 884. The Balaban J connectivity index is 1.41. The first kappa shape index (κ1) is 17.1. The van der Waals surface area contributed by atoms with Gasteiger partial charge in [-0.25, -0.2) is 9.50 Å². The van der Waals surface area contributed by atoms with Gasteiger partial charge in [0.05, 0.1) is 36.2 Å². The van der Waals surface area contributed by atoms with Crippen LogP contribution in [-0.2, 0) is 16.0 Å². The fourth-order valence-corrected chi connectivity index (χ4v) is 5.27. The van der Waals surface area contributed by atoms with Crippen LogP contribution in [0.5, 0.6) is 0 Å². The summed E-state index contributed by atoms with van der Waals surface area (Å²) in [5.41, 5.74) is 4.30. The number of carbonyl (C=O) groups excluding carboxylic acids is 1. The van der Waals surface area contributed by atoms with Crippen LogP contribution in [0.25, 0.3) is 5.65 Å². The van der Waals surface area contributed by atoms with Crippen molar-refractivity contribution < 1.29 is 9.53 Å². The lowest BCUT2D eigenvalue weighted by atomic mass is 9.99. The largest absolute Gasteiger partial charge is 0.373 e. The number of nitrogens with zero attached hydrogens (tertiary/aromatic N) is 5. The summed E-state index contributed by atoms with van der Waals surface area (Å²) in [5, 5.41) is 4.63. The summed E-state index contributed by atoms with van der Waals surface area (Å²) in [6.07, 6.45) is 5.28. The van der Waals surface area contributed by atoms with Crippen molar-refractivity contribution in [2.24, 2.45) is 0 Å². The highest BCUT2D eigenvalue weighted by Crippen LogP contribution is 2.43. The molecule has 144 valence electrons. The first-order valence-corrected chi connectivity index (χ1v) is 10.0. The average molecular weight is 369 g/mol. The van der Waals surface area contributed by atoms with E-state index in [0.717, 1.165) is 43.7 Å². The Morgan fingerprint density at radius 3 is 2.81 bits per heavy atom. The van der Waals surface area contributed by atoms with Crippen LogP contribution in [0.15, 0.2) is 12.3 Å². The van der Waals surface area contributed by atoms with Crippen LogP contribution in [0.4, 0.5) is 0 Å². The number of hydrogen-bond donors (Lipinski definition) is 0. The van der Waals surface area contributed by atoms with Gasteiger partial charge in [-0.2, -0.15) is 5.10 Å². The van der Waals surface area contributed by atoms with E-state index in [2.05, 4.69) is 33.7 Å². The minimum absolute atomic E-state index is 0.142. The van der Waals surface area contributed by atoms with Crippen molar-refractivity contribution >= 4 is 11.6 Å². The van der Waals surface area contributed by atoms with Crippen LogP contribution in [0.2, 0.25) is 0 Å². The Hall–Kier alpha value is -1.99. The van der Waals surface area contributed by atoms with E-state index in [0.29, 0.717) is 6.54 Å². The van der Waals surface area contributed by atoms with Crippen LogP contribution >= 0.6 is 0 Å². The minimum Gasteiger partial charge on any atom is -0.373 e. The number of hydrogen-bond acceptors (Lipinski definition) is 5. The van der Waals surface area contributed by atoms with E-state index in [4.69, 9.17) is 4.74 Å². The SMILES string of the molecule is Cc1cc2ncc3c(n2n1)C[C@H]1CC[C@@H]3N1C(=O)CN1C[C@@H](C)O[C@@H](C)C1. The highest BCUT2D eigenvalue weighted by Gasteiger charge is 2.44. The average Bonchev–Trinajstić information content (AvgIpc) is 3.13. The van der Waals surface area contributed by atoms with Gasteiger partial charge >= 0.3 is 0 Å². The second kappa shape index (κ2) is 6.27. The molecule has 0 aliphatic carbocycles. The van der Waals surface area contributed by atoms with Gasteiger partial charge in [0.1, 0.15) is 0 Å². The van der Waals surface area contributed by atoms with E-state index in [1.807, 2.05) is 23.7 Å². The number of aromatic nitrogens is 3. The number of rotatable bonds is 2. The maximum absolute atomic E-state index is 13.2. The second-order valence-corrected chi connectivity index (χ2v) is 8.42. The molecule has 2 bridgehead atoms. The molecule has 4 atom stereocenters. The quantitative estimate of drug-likeness (QED) is 0.807. The van der Waals surface area contributed by atoms with E-state index in [1.165, 1.54) is 11.3 Å². The van der Waals surface area contributed by atoms with Crippen LogP contribution in [-0.4, -0.2) is 68.2 Å². The van der Waals surface area contributed by atoms with Gasteiger partial charge in [0, 0.05) is 43.4 Å². The molecule has 0 radical (unpaired) electrons. The fraction of sp³-hybridized carbons (Fsp3) is 0.650. The molecule has 2 saturated heterocycles. The van der Waals surface area contributed by atoms with Crippen LogP contribution in [0, 0.1) is 6.92 Å². The molecule has 27 heavy (non-hydrogen) atoms. The number of fused-ring (bicyclic) bond motifs is 6. The molecule has 2 aromatic rings. The van der Waals surface area contributed by atoms with E-state index in [1.54, 1.807) is 0 Å². The van der Waals surface area contributed by atoms with Crippen molar-refractivity contribution in [2.75, 3.05) is 19.6 Å². The summed E-state index contributed by atoms with van der Waals surface area (Å²) in [6, 6.07) is 2.44. The van der Waals surface area contributed by atoms with Crippen molar-refractivity contribution in [1.29, 1.82) is 0 Å². The lowest BCUT2D eigenvalue weighted by molar-refractivity contribution is -0.139. The molecule has 2 aromatic heterocycles. The smallest absolute Gasteiger partial charge is 0.237 e.